The molecule has 7 heteroatoms. The van der Waals surface area contributed by atoms with Gasteiger partial charge in [-0.05, 0) is 32.1 Å². The molecule has 1 saturated heterocycles. The average molecular weight is 283 g/mol. The molecule has 0 aromatic rings. The van der Waals surface area contributed by atoms with Crippen LogP contribution in [0, 0.1) is 5.92 Å². The summed E-state index contributed by atoms with van der Waals surface area (Å²) in [7, 11) is 0. The predicted octanol–water partition coefficient (Wildman–Crippen LogP) is 0.161. The van der Waals surface area contributed by atoms with E-state index in [1.54, 1.807) is 0 Å². The van der Waals surface area contributed by atoms with E-state index in [-0.39, 0.29) is 17.9 Å². The van der Waals surface area contributed by atoms with Gasteiger partial charge in [-0.2, -0.15) is 0 Å². The van der Waals surface area contributed by atoms with Crippen LogP contribution in [0.15, 0.2) is 0 Å². The van der Waals surface area contributed by atoms with Crippen molar-refractivity contribution >= 4 is 17.9 Å². The Balaban J connectivity index is 1.69. The van der Waals surface area contributed by atoms with Crippen molar-refractivity contribution in [2.24, 2.45) is 5.92 Å². The Labute approximate surface area is 117 Å². The largest absolute Gasteiger partial charge is 0.480 e. The highest BCUT2D eigenvalue weighted by molar-refractivity contribution is 5.83. The molecule has 112 valence electrons. The van der Waals surface area contributed by atoms with Crippen molar-refractivity contribution in [3.05, 3.63) is 0 Å². The van der Waals surface area contributed by atoms with Crippen LogP contribution in [-0.4, -0.2) is 53.6 Å². The smallest absolute Gasteiger partial charge is 0.326 e. The van der Waals surface area contributed by atoms with Crippen molar-refractivity contribution in [2.45, 2.75) is 38.1 Å². The Kier molecular flexibility index (Phi) is 4.81. The molecule has 3 N–H and O–H groups in total. The molecular formula is C13H21N3O4. The molecule has 1 atom stereocenters. The number of carboxylic acid groups (broad SMARTS) is 1. The van der Waals surface area contributed by atoms with Crippen LogP contribution in [0.25, 0.3) is 0 Å². The third-order valence-electron chi connectivity index (χ3n) is 3.70. The summed E-state index contributed by atoms with van der Waals surface area (Å²) in [4.78, 5) is 35.8. The van der Waals surface area contributed by atoms with Gasteiger partial charge in [0.25, 0.3) is 0 Å². The van der Waals surface area contributed by atoms with E-state index in [9.17, 15) is 14.4 Å². The normalized spacial score (nSPS) is 22.2. The number of urea groups is 1. The van der Waals surface area contributed by atoms with E-state index in [4.69, 9.17) is 5.11 Å². The number of carbonyl (C=O) groups excluding carboxylic acids is 2. The van der Waals surface area contributed by atoms with Crippen LogP contribution in [0.2, 0.25) is 0 Å². The molecule has 3 amide bonds. The van der Waals surface area contributed by atoms with E-state index in [1.165, 1.54) is 4.90 Å². The van der Waals surface area contributed by atoms with Crippen molar-refractivity contribution in [2.75, 3.05) is 19.6 Å². The third kappa shape index (κ3) is 3.85. The van der Waals surface area contributed by atoms with Crippen LogP contribution >= 0.6 is 0 Å². The molecule has 0 spiro atoms. The first-order chi connectivity index (χ1) is 9.59. The first kappa shape index (κ1) is 14.6. The van der Waals surface area contributed by atoms with Crippen LogP contribution in [0.1, 0.15) is 32.1 Å². The van der Waals surface area contributed by atoms with Crippen molar-refractivity contribution in [3.63, 3.8) is 0 Å². The number of rotatable bonds is 5. The zero-order valence-electron chi connectivity index (χ0n) is 11.4. The van der Waals surface area contributed by atoms with Gasteiger partial charge in [-0.15, -0.1) is 0 Å². The Hall–Kier alpha value is -1.79. The molecule has 2 aliphatic rings. The lowest BCUT2D eigenvalue weighted by Crippen LogP contribution is -2.52. The quantitative estimate of drug-likeness (QED) is 0.626. The number of carbonyl (C=O) groups is 3. The number of nitrogens with one attached hydrogen (secondary N) is 2. The summed E-state index contributed by atoms with van der Waals surface area (Å²) in [6.45, 7) is 1.17. The molecule has 1 heterocycles. The number of carboxylic acids is 1. The van der Waals surface area contributed by atoms with Crippen LogP contribution in [-0.2, 0) is 9.59 Å². The van der Waals surface area contributed by atoms with E-state index in [2.05, 4.69) is 10.6 Å². The molecule has 2 rings (SSSR count). The van der Waals surface area contributed by atoms with Crippen LogP contribution < -0.4 is 10.6 Å². The second-order valence-corrected chi connectivity index (χ2v) is 5.34. The molecule has 20 heavy (non-hydrogen) atoms. The number of hydrogen-bond donors (Lipinski definition) is 3. The topological polar surface area (TPSA) is 98.7 Å². The lowest BCUT2D eigenvalue weighted by molar-refractivity contribution is -0.143. The van der Waals surface area contributed by atoms with E-state index in [0.29, 0.717) is 26.1 Å². The highest BCUT2D eigenvalue weighted by Crippen LogP contribution is 2.28. The Morgan fingerprint density at radius 3 is 2.40 bits per heavy atom. The molecule has 0 bridgehead atoms. The van der Waals surface area contributed by atoms with E-state index >= 15 is 0 Å². The van der Waals surface area contributed by atoms with Crippen LogP contribution in [0.5, 0.6) is 0 Å². The van der Waals surface area contributed by atoms with Crippen molar-refractivity contribution in [3.8, 4) is 0 Å². The second-order valence-electron chi connectivity index (χ2n) is 5.34. The molecule has 0 aromatic carbocycles. The van der Waals surface area contributed by atoms with Gasteiger partial charge >= 0.3 is 12.0 Å². The third-order valence-corrected chi connectivity index (χ3v) is 3.70. The van der Waals surface area contributed by atoms with Gasteiger partial charge in [0.05, 0.1) is 0 Å². The first-order valence-corrected chi connectivity index (χ1v) is 7.14. The Bertz CT molecular complexity index is 395. The highest BCUT2D eigenvalue weighted by Gasteiger charge is 2.32. The van der Waals surface area contributed by atoms with Gasteiger partial charge in [-0.1, -0.05) is 0 Å². The molecule has 1 unspecified atom stereocenters. The number of amides is 3. The zero-order valence-corrected chi connectivity index (χ0v) is 11.4. The molecular weight excluding hydrogens is 262 g/mol. The number of likely N-dealkylation sites (tertiary alicyclic amines) is 1. The second kappa shape index (κ2) is 6.58. The van der Waals surface area contributed by atoms with Gasteiger partial charge in [0.15, 0.2) is 0 Å². The summed E-state index contributed by atoms with van der Waals surface area (Å²) in [5.41, 5.74) is 0. The summed E-state index contributed by atoms with van der Waals surface area (Å²) < 4.78 is 0. The van der Waals surface area contributed by atoms with Crippen LogP contribution in [0.4, 0.5) is 4.79 Å². The summed E-state index contributed by atoms with van der Waals surface area (Å²) in [5.74, 6) is -0.758. The molecule has 2 fully saturated rings. The minimum Gasteiger partial charge on any atom is -0.480 e. The number of aliphatic carboxylic acids is 1. The molecule has 1 saturated carbocycles. The number of nitrogens with zero attached hydrogens (tertiary/aromatic N) is 1. The Morgan fingerprint density at radius 2 is 1.75 bits per heavy atom. The molecule has 0 aromatic heterocycles. The maximum atomic E-state index is 11.9. The lowest BCUT2D eigenvalue weighted by Gasteiger charge is -2.32. The molecule has 7 nitrogen and oxygen atoms in total. The standard InChI is InChI=1S/C13H21N3O4/c17-11(9-4-5-9)14-6-7-15-13(20)16-8-2-1-3-10(16)12(18)19/h9-10H,1-8H2,(H,14,17)(H,15,20)(H,18,19). The van der Waals surface area contributed by atoms with Gasteiger partial charge in [-0.25, -0.2) is 9.59 Å². The van der Waals surface area contributed by atoms with E-state index < -0.39 is 12.0 Å². The lowest BCUT2D eigenvalue weighted by atomic mass is 10.0. The maximum absolute atomic E-state index is 11.9. The van der Waals surface area contributed by atoms with Gasteiger partial charge < -0.3 is 20.6 Å². The van der Waals surface area contributed by atoms with Crippen molar-refractivity contribution in [1.29, 1.82) is 0 Å². The Morgan fingerprint density at radius 1 is 1.05 bits per heavy atom. The SMILES string of the molecule is O=C(NCCNC(=O)N1CCCCC1C(=O)O)C1CC1. The summed E-state index contributed by atoms with van der Waals surface area (Å²) in [5, 5.41) is 14.5. The summed E-state index contributed by atoms with van der Waals surface area (Å²) in [6.07, 6.45) is 4.06. The van der Waals surface area contributed by atoms with Gasteiger partial charge in [0, 0.05) is 25.6 Å². The van der Waals surface area contributed by atoms with Gasteiger partial charge in [0.1, 0.15) is 6.04 Å². The summed E-state index contributed by atoms with van der Waals surface area (Å²) >= 11 is 0. The van der Waals surface area contributed by atoms with Crippen molar-refractivity contribution < 1.29 is 19.5 Å². The monoisotopic (exact) mass is 283 g/mol. The summed E-state index contributed by atoms with van der Waals surface area (Å²) in [6, 6.07) is -1.09. The number of hydrogen-bond acceptors (Lipinski definition) is 3. The molecule has 1 aliphatic carbocycles. The fraction of sp³-hybridized carbons (Fsp3) is 0.769. The fourth-order valence-corrected chi connectivity index (χ4v) is 2.38. The van der Waals surface area contributed by atoms with Gasteiger partial charge in [0.2, 0.25) is 5.91 Å². The van der Waals surface area contributed by atoms with E-state index in [0.717, 1.165) is 25.7 Å². The minimum absolute atomic E-state index is 0.0423. The highest BCUT2D eigenvalue weighted by atomic mass is 16.4. The number of piperidine rings is 1. The fourth-order valence-electron chi connectivity index (χ4n) is 2.38. The minimum atomic E-state index is -0.957. The zero-order chi connectivity index (χ0) is 14.5. The molecule has 0 radical (unpaired) electrons. The average Bonchev–Trinajstić information content (AvgIpc) is 3.27. The van der Waals surface area contributed by atoms with Crippen molar-refractivity contribution in [1.82, 2.24) is 15.5 Å². The van der Waals surface area contributed by atoms with Crippen LogP contribution in [0.3, 0.4) is 0 Å². The van der Waals surface area contributed by atoms with E-state index in [1.807, 2.05) is 0 Å². The first-order valence-electron chi connectivity index (χ1n) is 7.14. The molecule has 1 aliphatic heterocycles. The van der Waals surface area contributed by atoms with Gasteiger partial charge in [-0.3, -0.25) is 4.79 Å². The predicted molar refractivity (Wildman–Crippen MR) is 71.1 cm³/mol. The maximum Gasteiger partial charge on any atom is 0.326 e.